The largest absolute Gasteiger partial charge is 0.396 e. The van der Waals surface area contributed by atoms with E-state index in [1.165, 1.54) is 12.1 Å². The summed E-state index contributed by atoms with van der Waals surface area (Å²) in [6.07, 6.45) is 0. The summed E-state index contributed by atoms with van der Waals surface area (Å²) in [5, 5.41) is 12.2. The summed E-state index contributed by atoms with van der Waals surface area (Å²) in [4.78, 5) is 0. The minimum absolute atomic E-state index is 0.0902. The Morgan fingerprint density at radius 2 is 2.13 bits per heavy atom. The lowest BCUT2D eigenvalue weighted by Gasteiger charge is -2.23. The predicted molar refractivity (Wildman–Crippen MR) is 63.5 cm³/mol. The number of hydrogen-bond donors (Lipinski definition) is 2. The van der Waals surface area contributed by atoms with Crippen LogP contribution in [-0.4, -0.2) is 18.3 Å². The van der Waals surface area contributed by atoms with Gasteiger partial charge in [0.1, 0.15) is 5.82 Å². The minimum Gasteiger partial charge on any atom is -0.396 e. The van der Waals surface area contributed by atoms with Crippen molar-refractivity contribution >= 4 is 21.6 Å². The third kappa shape index (κ3) is 3.80. The molecule has 0 heterocycles. The van der Waals surface area contributed by atoms with E-state index < -0.39 is 0 Å². The molecule has 2 nitrogen and oxygen atoms in total. The van der Waals surface area contributed by atoms with Gasteiger partial charge in [0.05, 0.1) is 5.69 Å². The van der Waals surface area contributed by atoms with Crippen molar-refractivity contribution in [1.82, 2.24) is 0 Å². The van der Waals surface area contributed by atoms with Crippen molar-refractivity contribution in [1.29, 1.82) is 0 Å². The predicted octanol–water partition coefficient (Wildman–Crippen LogP) is 3.02. The molecule has 0 aliphatic rings. The molecule has 0 saturated carbocycles. The Morgan fingerprint density at radius 1 is 1.47 bits per heavy atom. The lowest BCUT2D eigenvalue weighted by Crippen LogP contribution is -2.26. The first kappa shape index (κ1) is 12.5. The van der Waals surface area contributed by atoms with Gasteiger partial charge >= 0.3 is 0 Å². The Balaban J connectivity index is 2.69. The van der Waals surface area contributed by atoms with Gasteiger partial charge in [-0.25, -0.2) is 4.39 Å². The molecule has 1 rings (SSSR count). The molecule has 84 valence electrons. The summed E-state index contributed by atoms with van der Waals surface area (Å²) >= 11 is 3.33. The van der Waals surface area contributed by atoms with Gasteiger partial charge in [-0.1, -0.05) is 13.8 Å². The highest BCUT2D eigenvalue weighted by atomic mass is 79.9. The molecule has 0 atom stereocenters. The molecule has 1 aromatic carbocycles. The fourth-order valence-corrected chi connectivity index (χ4v) is 1.41. The summed E-state index contributed by atoms with van der Waals surface area (Å²) in [7, 11) is 0. The minimum atomic E-state index is -0.275. The number of aliphatic hydroxyl groups is 1. The van der Waals surface area contributed by atoms with E-state index in [4.69, 9.17) is 5.11 Å². The Morgan fingerprint density at radius 3 is 2.73 bits per heavy atom. The first-order chi connectivity index (χ1) is 6.94. The molecule has 0 bridgehead atoms. The van der Waals surface area contributed by atoms with E-state index in [0.717, 1.165) is 4.47 Å². The smallest absolute Gasteiger partial charge is 0.125 e. The summed E-state index contributed by atoms with van der Waals surface area (Å²) in [6.45, 7) is 4.55. The average Bonchev–Trinajstić information content (AvgIpc) is 2.20. The Hall–Kier alpha value is -0.610. The van der Waals surface area contributed by atoms with Gasteiger partial charge in [0, 0.05) is 23.0 Å². The molecule has 4 heteroatoms. The third-order valence-corrected chi connectivity index (χ3v) is 2.81. The molecule has 2 N–H and O–H groups in total. The van der Waals surface area contributed by atoms with E-state index in [9.17, 15) is 4.39 Å². The number of nitrogens with one attached hydrogen (secondary N) is 1. The Bertz CT molecular complexity index is 341. The maximum absolute atomic E-state index is 12.9. The lowest BCUT2D eigenvalue weighted by molar-refractivity contribution is 0.171. The second-order valence-corrected chi connectivity index (χ2v) is 5.15. The summed E-state index contributed by atoms with van der Waals surface area (Å²) < 4.78 is 13.8. The van der Waals surface area contributed by atoms with Crippen molar-refractivity contribution in [3.63, 3.8) is 0 Å². The average molecular weight is 276 g/mol. The van der Waals surface area contributed by atoms with Crippen LogP contribution >= 0.6 is 15.9 Å². The Kier molecular flexibility index (Phi) is 4.11. The molecule has 0 saturated heterocycles. The zero-order valence-corrected chi connectivity index (χ0v) is 10.4. The van der Waals surface area contributed by atoms with E-state index in [1.807, 2.05) is 13.8 Å². The SMILES string of the molecule is CC(C)(CO)CNc1cc(F)ccc1Br. The van der Waals surface area contributed by atoms with E-state index in [2.05, 4.69) is 21.2 Å². The molecule has 0 amide bonds. The van der Waals surface area contributed by atoms with Crippen molar-refractivity contribution in [3.8, 4) is 0 Å². The second kappa shape index (κ2) is 4.94. The van der Waals surface area contributed by atoms with Crippen LogP contribution in [0.5, 0.6) is 0 Å². The first-order valence-corrected chi connectivity index (χ1v) is 5.54. The number of aliphatic hydroxyl groups excluding tert-OH is 1. The topological polar surface area (TPSA) is 32.3 Å². The highest BCUT2D eigenvalue weighted by molar-refractivity contribution is 9.10. The maximum atomic E-state index is 12.9. The normalized spacial score (nSPS) is 11.5. The van der Waals surface area contributed by atoms with Crippen LogP contribution in [0.15, 0.2) is 22.7 Å². The van der Waals surface area contributed by atoms with Gasteiger partial charge in [-0.3, -0.25) is 0 Å². The summed E-state index contributed by atoms with van der Waals surface area (Å²) in [5.74, 6) is -0.275. The maximum Gasteiger partial charge on any atom is 0.125 e. The highest BCUT2D eigenvalue weighted by Crippen LogP contribution is 2.24. The van der Waals surface area contributed by atoms with Gasteiger partial charge in [-0.05, 0) is 34.1 Å². The van der Waals surface area contributed by atoms with Crippen molar-refractivity contribution in [3.05, 3.63) is 28.5 Å². The summed E-state index contributed by atoms with van der Waals surface area (Å²) in [6, 6.07) is 4.48. The first-order valence-electron chi connectivity index (χ1n) is 4.74. The Labute approximate surface area is 97.6 Å². The van der Waals surface area contributed by atoms with Crippen molar-refractivity contribution in [2.45, 2.75) is 13.8 Å². The number of halogens is 2. The molecule has 0 aromatic heterocycles. The number of hydrogen-bond acceptors (Lipinski definition) is 2. The van der Waals surface area contributed by atoms with Gasteiger partial charge < -0.3 is 10.4 Å². The molecule has 0 unspecified atom stereocenters. The van der Waals surface area contributed by atoms with Gasteiger partial charge in [-0.15, -0.1) is 0 Å². The molecule has 0 radical (unpaired) electrons. The van der Waals surface area contributed by atoms with Gasteiger partial charge in [0.2, 0.25) is 0 Å². The molecule has 0 aliphatic heterocycles. The fraction of sp³-hybridized carbons (Fsp3) is 0.455. The molecule has 15 heavy (non-hydrogen) atoms. The van der Waals surface area contributed by atoms with Gasteiger partial charge in [0.25, 0.3) is 0 Å². The van der Waals surface area contributed by atoms with E-state index in [0.29, 0.717) is 12.2 Å². The zero-order valence-electron chi connectivity index (χ0n) is 8.85. The van der Waals surface area contributed by atoms with E-state index in [1.54, 1.807) is 6.07 Å². The lowest BCUT2D eigenvalue weighted by atomic mass is 9.95. The van der Waals surface area contributed by atoms with Crippen molar-refractivity contribution in [2.75, 3.05) is 18.5 Å². The monoisotopic (exact) mass is 275 g/mol. The number of anilines is 1. The number of rotatable bonds is 4. The van der Waals surface area contributed by atoms with Crippen LogP contribution in [0.4, 0.5) is 10.1 Å². The van der Waals surface area contributed by atoms with Crippen molar-refractivity contribution < 1.29 is 9.50 Å². The molecule has 0 spiro atoms. The highest BCUT2D eigenvalue weighted by Gasteiger charge is 2.16. The second-order valence-electron chi connectivity index (χ2n) is 4.30. The van der Waals surface area contributed by atoms with Crippen molar-refractivity contribution in [2.24, 2.45) is 5.41 Å². The van der Waals surface area contributed by atoms with Crippen LogP contribution < -0.4 is 5.32 Å². The number of benzene rings is 1. The molecular weight excluding hydrogens is 261 g/mol. The third-order valence-electron chi connectivity index (χ3n) is 2.11. The molecule has 0 fully saturated rings. The fourth-order valence-electron chi connectivity index (χ4n) is 1.02. The molecule has 1 aromatic rings. The zero-order chi connectivity index (χ0) is 11.5. The van der Waals surface area contributed by atoms with E-state index in [-0.39, 0.29) is 17.8 Å². The molecule has 0 aliphatic carbocycles. The quantitative estimate of drug-likeness (QED) is 0.886. The van der Waals surface area contributed by atoms with Crippen LogP contribution in [0, 0.1) is 11.2 Å². The van der Waals surface area contributed by atoms with Crippen LogP contribution in [0.2, 0.25) is 0 Å². The summed E-state index contributed by atoms with van der Waals surface area (Å²) in [5.41, 5.74) is 0.489. The van der Waals surface area contributed by atoms with Gasteiger partial charge in [0.15, 0.2) is 0 Å². The van der Waals surface area contributed by atoms with Crippen LogP contribution in [0.1, 0.15) is 13.8 Å². The van der Waals surface area contributed by atoms with Gasteiger partial charge in [-0.2, -0.15) is 0 Å². The molecular formula is C11H15BrFNO. The van der Waals surface area contributed by atoms with Crippen LogP contribution in [0.25, 0.3) is 0 Å². The van der Waals surface area contributed by atoms with Crippen LogP contribution in [0.3, 0.4) is 0 Å². The van der Waals surface area contributed by atoms with E-state index >= 15 is 0 Å². The van der Waals surface area contributed by atoms with Crippen LogP contribution in [-0.2, 0) is 0 Å². The standard InChI is InChI=1S/C11H15BrFNO/c1-11(2,7-15)6-14-10-5-8(13)3-4-9(10)12/h3-5,14-15H,6-7H2,1-2H3.